The Morgan fingerprint density at radius 2 is 2.22 bits per heavy atom. The number of rotatable bonds is 2. The summed E-state index contributed by atoms with van der Waals surface area (Å²) in [6.45, 7) is 1.55. The molecule has 0 atom stereocenters. The predicted octanol–water partition coefficient (Wildman–Crippen LogP) is 2.31. The van der Waals surface area contributed by atoms with Crippen LogP contribution in [0.2, 0.25) is 0 Å². The van der Waals surface area contributed by atoms with Crippen molar-refractivity contribution >= 4 is 30.0 Å². The van der Waals surface area contributed by atoms with Crippen molar-refractivity contribution in [2.45, 2.75) is 17.9 Å². The maximum absolute atomic E-state index is 12.4. The highest BCUT2D eigenvalue weighted by atomic mass is 32.1. The number of aromatic nitrogens is 1. The molecule has 0 amide bonds. The molecule has 116 valence electrons. The van der Waals surface area contributed by atoms with Crippen LogP contribution in [0.5, 0.6) is 0 Å². The molecule has 0 unspecified atom stereocenters. The van der Waals surface area contributed by atoms with Crippen molar-refractivity contribution < 1.29 is 4.42 Å². The van der Waals surface area contributed by atoms with Crippen LogP contribution in [0, 0.1) is 0 Å². The molecule has 0 saturated heterocycles. The van der Waals surface area contributed by atoms with E-state index in [0.29, 0.717) is 10.3 Å². The summed E-state index contributed by atoms with van der Waals surface area (Å²) < 4.78 is 8.26. The van der Waals surface area contributed by atoms with E-state index in [9.17, 15) is 4.79 Å². The Balaban J connectivity index is 1.76. The zero-order valence-electron chi connectivity index (χ0n) is 12.2. The number of thiazole rings is 1. The third-order valence-corrected chi connectivity index (χ3v) is 5.03. The minimum absolute atomic E-state index is 0.0174. The summed E-state index contributed by atoms with van der Waals surface area (Å²) in [6, 6.07) is 11.6. The van der Waals surface area contributed by atoms with Gasteiger partial charge in [0.05, 0.1) is 4.53 Å². The third-order valence-electron chi connectivity index (χ3n) is 3.71. The molecule has 0 bridgehead atoms. The molecule has 0 saturated carbocycles. The molecular formula is C17H14N2O2S2. The lowest BCUT2D eigenvalue weighted by molar-refractivity contribution is 0.568. The number of thiol groups is 1. The molecule has 0 aliphatic carbocycles. The lowest BCUT2D eigenvalue weighted by atomic mass is 10.2. The van der Waals surface area contributed by atoms with Crippen molar-refractivity contribution in [2.75, 3.05) is 6.54 Å². The first-order chi connectivity index (χ1) is 11.2. The Hall–Kier alpha value is -2.05. The third kappa shape index (κ3) is 2.80. The van der Waals surface area contributed by atoms with Crippen molar-refractivity contribution in [1.29, 1.82) is 0 Å². The molecule has 4 nitrogen and oxygen atoms in total. The van der Waals surface area contributed by atoms with E-state index in [2.05, 4.69) is 17.6 Å². The second kappa shape index (κ2) is 5.86. The van der Waals surface area contributed by atoms with Crippen LogP contribution < -0.4 is 14.9 Å². The second-order valence-electron chi connectivity index (χ2n) is 5.34. The fourth-order valence-electron chi connectivity index (χ4n) is 2.60. The van der Waals surface area contributed by atoms with Gasteiger partial charge in [-0.15, -0.1) is 12.6 Å². The van der Waals surface area contributed by atoms with Crippen molar-refractivity contribution in [3.8, 4) is 11.3 Å². The summed E-state index contributed by atoms with van der Waals surface area (Å²) >= 11 is 5.76. The van der Waals surface area contributed by atoms with Gasteiger partial charge in [-0.3, -0.25) is 14.4 Å². The molecule has 0 N–H and O–H groups in total. The Bertz CT molecular complexity index is 1040. The lowest BCUT2D eigenvalue weighted by Crippen LogP contribution is -2.33. The van der Waals surface area contributed by atoms with Crippen LogP contribution in [0.15, 0.2) is 55.5 Å². The smallest absolute Gasteiger partial charge is 0.270 e. The molecule has 1 aliphatic rings. The minimum atomic E-state index is 0.0174. The van der Waals surface area contributed by atoms with Crippen LogP contribution in [-0.4, -0.2) is 11.1 Å². The number of benzene rings is 1. The van der Waals surface area contributed by atoms with Crippen LogP contribution in [-0.2, 0) is 6.54 Å². The number of hydrogen-bond acceptors (Lipinski definition) is 5. The molecule has 0 radical (unpaired) electrons. The first-order valence-corrected chi connectivity index (χ1v) is 8.62. The van der Waals surface area contributed by atoms with Crippen LogP contribution in [0.4, 0.5) is 0 Å². The quantitative estimate of drug-likeness (QED) is 0.727. The zero-order chi connectivity index (χ0) is 15.8. The van der Waals surface area contributed by atoms with E-state index in [1.807, 2.05) is 36.4 Å². The molecule has 4 rings (SSSR count). The molecular weight excluding hydrogens is 328 g/mol. The highest BCUT2D eigenvalue weighted by Crippen LogP contribution is 2.24. The number of fused-ring (bicyclic) bond motifs is 1. The van der Waals surface area contributed by atoms with E-state index < -0.39 is 0 Å². The largest absolute Gasteiger partial charge is 0.457 e. The topological polar surface area (TPSA) is 47.5 Å². The standard InChI is InChI=1S/C17H14N2O2S2/c20-16-15(23-17-18-7-2-8-19(16)17)10-12-5-6-14(21-12)11-3-1-4-13(22)9-11/h1,3-6,9-10,22H,2,7-8H2. The molecule has 2 aromatic heterocycles. The summed E-state index contributed by atoms with van der Waals surface area (Å²) in [7, 11) is 0. The SMILES string of the molecule is O=c1c(=Cc2ccc(-c3cccc(S)c3)o2)sc2n1CCCN=2. The van der Waals surface area contributed by atoms with Crippen LogP contribution >= 0.6 is 24.0 Å². The normalized spacial score (nSPS) is 14.6. The first-order valence-electron chi connectivity index (χ1n) is 7.36. The Labute approximate surface area is 141 Å². The van der Waals surface area contributed by atoms with Crippen LogP contribution in [0.25, 0.3) is 17.4 Å². The van der Waals surface area contributed by atoms with Crippen LogP contribution in [0.3, 0.4) is 0 Å². The number of nitrogens with zero attached hydrogens (tertiary/aromatic N) is 2. The van der Waals surface area contributed by atoms with Gasteiger partial charge in [0.1, 0.15) is 11.5 Å². The molecule has 0 spiro atoms. The van der Waals surface area contributed by atoms with Gasteiger partial charge >= 0.3 is 0 Å². The molecule has 3 aromatic rings. The fourth-order valence-corrected chi connectivity index (χ4v) is 3.84. The molecule has 23 heavy (non-hydrogen) atoms. The number of furan rings is 1. The maximum Gasteiger partial charge on any atom is 0.270 e. The van der Waals surface area contributed by atoms with E-state index in [1.165, 1.54) is 11.3 Å². The summed E-state index contributed by atoms with van der Waals surface area (Å²) in [4.78, 5) is 18.5. The highest BCUT2D eigenvalue weighted by Gasteiger charge is 2.10. The maximum atomic E-state index is 12.4. The van der Waals surface area contributed by atoms with Gasteiger partial charge in [0.15, 0.2) is 4.80 Å². The van der Waals surface area contributed by atoms with Crippen molar-refractivity contribution in [3.63, 3.8) is 0 Å². The average molecular weight is 342 g/mol. The van der Waals surface area contributed by atoms with E-state index in [4.69, 9.17) is 4.42 Å². The van der Waals surface area contributed by atoms with Crippen molar-refractivity contribution in [1.82, 2.24) is 4.57 Å². The van der Waals surface area contributed by atoms with E-state index in [-0.39, 0.29) is 5.56 Å². The van der Waals surface area contributed by atoms with Gasteiger partial charge in [-0.2, -0.15) is 0 Å². The van der Waals surface area contributed by atoms with E-state index in [0.717, 1.165) is 40.5 Å². The monoisotopic (exact) mass is 342 g/mol. The molecule has 6 heteroatoms. The summed E-state index contributed by atoms with van der Waals surface area (Å²) in [5.41, 5.74) is 0.984. The molecule has 1 aromatic carbocycles. The zero-order valence-corrected chi connectivity index (χ0v) is 13.9. The van der Waals surface area contributed by atoms with E-state index in [1.54, 1.807) is 10.6 Å². The van der Waals surface area contributed by atoms with Gasteiger partial charge in [-0.25, -0.2) is 0 Å². The van der Waals surface area contributed by atoms with Gasteiger partial charge in [-0.1, -0.05) is 23.5 Å². The Kier molecular flexibility index (Phi) is 3.71. The molecule has 0 fully saturated rings. The molecule has 1 aliphatic heterocycles. The van der Waals surface area contributed by atoms with Gasteiger partial charge in [-0.05, 0) is 30.7 Å². The van der Waals surface area contributed by atoms with Gasteiger partial charge < -0.3 is 4.42 Å². The van der Waals surface area contributed by atoms with Crippen LogP contribution in [0.1, 0.15) is 12.2 Å². The predicted molar refractivity (Wildman–Crippen MR) is 93.8 cm³/mol. The second-order valence-corrected chi connectivity index (χ2v) is 6.86. The fraction of sp³-hybridized carbons (Fsp3) is 0.176. The van der Waals surface area contributed by atoms with Crippen molar-refractivity contribution in [2.24, 2.45) is 4.99 Å². The average Bonchev–Trinajstić information content (AvgIpc) is 3.14. The van der Waals surface area contributed by atoms with E-state index >= 15 is 0 Å². The summed E-state index contributed by atoms with van der Waals surface area (Å²) in [6.07, 6.45) is 2.72. The van der Waals surface area contributed by atoms with Gasteiger partial charge in [0, 0.05) is 29.6 Å². The minimum Gasteiger partial charge on any atom is -0.457 e. The summed E-state index contributed by atoms with van der Waals surface area (Å²) in [5.74, 6) is 1.43. The van der Waals surface area contributed by atoms with Gasteiger partial charge in [0.25, 0.3) is 5.56 Å². The Morgan fingerprint density at radius 1 is 1.30 bits per heavy atom. The lowest BCUT2D eigenvalue weighted by Gasteiger charge is -2.03. The summed E-state index contributed by atoms with van der Waals surface area (Å²) in [5, 5.41) is 0. The Morgan fingerprint density at radius 3 is 3.04 bits per heavy atom. The van der Waals surface area contributed by atoms with Gasteiger partial charge in [0.2, 0.25) is 0 Å². The highest BCUT2D eigenvalue weighted by molar-refractivity contribution is 7.80. The first kappa shape index (κ1) is 14.5. The molecule has 3 heterocycles. The number of hydrogen-bond donors (Lipinski definition) is 1. The van der Waals surface area contributed by atoms with Crippen molar-refractivity contribution in [3.05, 3.63) is 61.8 Å².